The largest absolute Gasteiger partial charge is 0.341 e. The van der Waals surface area contributed by atoms with Crippen molar-refractivity contribution < 1.29 is 4.79 Å². The zero-order valence-electron chi connectivity index (χ0n) is 16.3. The molecule has 7 heteroatoms. The van der Waals surface area contributed by atoms with Gasteiger partial charge in [0.1, 0.15) is 0 Å². The number of nitrogens with zero attached hydrogens (tertiary/aromatic N) is 5. The maximum absolute atomic E-state index is 13.1. The molecule has 0 spiro atoms. The number of thiophene rings is 1. The number of hydrogen-bond acceptors (Lipinski definition) is 5. The van der Waals surface area contributed by atoms with Crippen LogP contribution in [-0.4, -0.2) is 39.2 Å². The van der Waals surface area contributed by atoms with Crippen LogP contribution >= 0.6 is 11.3 Å². The minimum atomic E-state index is -0.119. The monoisotopic (exact) mass is 381 g/mol. The van der Waals surface area contributed by atoms with Gasteiger partial charge in [0.25, 0.3) is 5.91 Å². The molecule has 0 saturated carbocycles. The van der Waals surface area contributed by atoms with E-state index in [1.54, 1.807) is 29.5 Å². The lowest BCUT2D eigenvalue weighted by Gasteiger charge is -2.17. The van der Waals surface area contributed by atoms with Gasteiger partial charge in [-0.2, -0.15) is 10.4 Å². The average molecular weight is 382 g/mol. The summed E-state index contributed by atoms with van der Waals surface area (Å²) in [5, 5.41) is 14.0. The summed E-state index contributed by atoms with van der Waals surface area (Å²) < 4.78 is 1.85. The van der Waals surface area contributed by atoms with Gasteiger partial charge >= 0.3 is 0 Å². The van der Waals surface area contributed by atoms with Gasteiger partial charge in [-0.15, -0.1) is 11.3 Å². The Morgan fingerprint density at radius 1 is 1.37 bits per heavy atom. The van der Waals surface area contributed by atoms with Crippen molar-refractivity contribution in [1.82, 2.24) is 19.7 Å². The van der Waals surface area contributed by atoms with Crippen LogP contribution in [0.4, 0.5) is 0 Å². The molecular weight excluding hydrogens is 358 g/mol. The molecule has 0 atom stereocenters. The van der Waals surface area contributed by atoms with Crippen LogP contribution in [0.2, 0.25) is 0 Å². The van der Waals surface area contributed by atoms with Crippen LogP contribution in [-0.2, 0) is 0 Å². The molecule has 0 unspecified atom stereocenters. The highest BCUT2D eigenvalue weighted by atomic mass is 32.1. The van der Waals surface area contributed by atoms with Crippen LogP contribution in [0.3, 0.4) is 0 Å². The van der Waals surface area contributed by atoms with Crippen LogP contribution in [0.15, 0.2) is 18.3 Å². The lowest BCUT2D eigenvalue weighted by Crippen LogP contribution is -2.27. The summed E-state index contributed by atoms with van der Waals surface area (Å²) in [4.78, 5) is 21.9. The third-order valence-corrected chi connectivity index (χ3v) is 5.47. The number of amides is 1. The van der Waals surface area contributed by atoms with Gasteiger partial charge in [-0.05, 0) is 39.8 Å². The van der Waals surface area contributed by atoms with E-state index in [0.717, 1.165) is 16.6 Å². The van der Waals surface area contributed by atoms with Gasteiger partial charge in [-0.1, -0.05) is 0 Å². The molecule has 3 rings (SSSR count). The lowest BCUT2D eigenvalue weighted by atomic mass is 10.1. The summed E-state index contributed by atoms with van der Waals surface area (Å²) in [6, 6.07) is 6.19. The van der Waals surface area contributed by atoms with Crippen LogP contribution in [0.5, 0.6) is 0 Å². The minimum Gasteiger partial charge on any atom is -0.341 e. The first-order valence-electron chi connectivity index (χ1n) is 8.91. The van der Waals surface area contributed by atoms with E-state index in [2.05, 4.69) is 31.1 Å². The van der Waals surface area contributed by atoms with Crippen LogP contribution in [0.1, 0.15) is 46.4 Å². The fraction of sp³-hybridized carbons (Fsp3) is 0.400. The Balaban J connectivity index is 2.21. The third-order valence-electron chi connectivity index (χ3n) is 4.51. The van der Waals surface area contributed by atoms with E-state index in [4.69, 9.17) is 10.2 Å². The zero-order valence-corrected chi connectivity index (χ0v) is 17.1. The molecule has 0 aliphatic carbocycles. The second-order valence-electron chi connectivity index (χ2n) is 6.94. The Bertz CT molecular complexity index is 1040. The second kappa shape index (κ2) is 7.49. The molecule has 140 valence electrons. The highest BCUT2D eigenvalue weighted by Crippen LogP contribution is 2.32. The number of carbonyl (C=O) groups is 1. The number of aryl methyl sites for hydroxylation is 2. The summed E-state index contributed by atoms with van der Waals surface area (Å²) >= 11 is 1.72. The molecule has 1 amide bonds. The van der Waals surface area contributed by atoms with E-state index in [9.17, 15) is 4.79 Å². The van der Waals surface area contributed by atoms with Crippen molar-refractivity contribution in [1.29, 1.82) is 5.26 Å². The Morgan fingerprint density at radius 3 is 2.70 bits per heavy atom. The summed E-state index contributed by atoms with van der Waals surface area (Å²) in [6.45, 7) is 8.62. The maximum Gasteiger partial charge on any atom is 0.254 e. The number of nitriles is 1. The molecule has 0 bridgehead atoms. The number of hydrogen-bond donors (Lipinski definition) is 0. The third kappa shape index (κ3) is 3.58. The first-order valence-corrected chi connectivity index (χ1v) is 9.73. The van der Waals surface area contributed by atoms with Crippen molar-refractivity contribution in [3.63, 3.8) is 0 Å². The molecular formula is C20H23N5OS. The molecule has 3 aromatic heterocycles. The zero-order chi connectivity index (χ0) is 19.7. The number of pyridine rings is 1. The van der Waals surface area contributed by atoms with Gasteiger partial charge in [-0.3, -0.25) is 4.79 Å². The van der Waals surface area contributed by atoms with E-state index in [1.165, 1.54) is 9.75 Å². The first kappa shape index (κ1) is 19.1. The maximum atomic E-state index is 13.1. The summed E-state index contributed by atoms with van der Waals surface area (Å²) in [7, 11) is 1.72. The van der Waals surface area contributed by atoms with Crippen LogP contribution in [0.25, 0.3) is 22.3 Å². The van der Waals surface area contributed by atoms with Crippen molar-refractivity contribution in [3.05, 3.63) is 33.6 Å². The summed E-state index contributed by atoms with van der Waals surface area (Å²) in [6.07, 6.45) is 2.01. The normalized spacial score (nSPS) is 11.1. The molecule has 3 heterocycles. The van der Waals surface area contributed by atoms with Crippen molar-refractivity contribution in [2.24, 2.45) is 0 Å². The summed E-state index contributed by atoms with van der Waals surface area (Å²) in [5.74, 6) is -0.119. The Labute approximate surface area is 163 Å². The van der Waals surface area contributed by atoms with E-state index < -0.39 is 0 Å². The van der Waals surface area contributed by atoms with Crippen LogP contribution < -0.4 is 0 Å². The van der Waals surface area contributed by atoms with Crippen molar-refractivity contribution in [3.8, 4) is 17.3 Å². The fourth-order valence-electron chi connectivity index (χ4n) is 3.12. The molecule has 0 N–H and O–H groups in total. The lowest BCUT2D eigenvalue weighted by molar-refractivity contribution is 0.0800. The molecule has 0 aliphatic heterocycles. The smallest absolute Gasteiger partial charge is 0.254 e. The Kier molecular flexibility index (Phi) is 5.29. The summed E-state index contributed by atoms with van der Waals surface area (Å²) in [5.41, 5.74) is 3.11. The van der Waals surface area contributed by atoms with Crippen molar-refractivity contribution in [2.75, 3.05) is 13.6 Å². The molecule has 27 heavy (non-hydrogen) atoms. The van der Waals surface area contributed by atoms with E-state index in [0.29, 0.717) is 24.2 Å². The fourth-order valence-corrected chi connectivity index (χ4v) is 4.05. The molecule has 0 aliphatic rings. The number of rotatable bonds is 5. The van der Waals surface area contributed by atoms with Gasteiger partial charge in [-0.25, -0.2) is 9.67 Å². The van der Waals surface area contributed by atoms with E-state index >= 15 is 0 Å². The van der Waals surface area contributed by atoms with E-state index in [1.807, 2.05) is 24.6 Å². The predicted octanol–water partition coefficient (Wildman–Crippen LogP) is 4.34. The topological polar surface area (TPSA) is 74.8 Å². The Morgan fingerprint density at radius 2 is 2.11 bits per heavy atom. The molecule has 0 fully saturated rings. The average Bonchev–Trinajstić information content (AvgIpc) is 3.20. The first-order chi connectivity index (χ1) is 12.8. The van der Waals surface area contributed by atoms with Gasteiger partial charge in [0.15, 0.2) is 5.65 Å². The van der Waals surface area contributed by atoms with Gasteiger partial charge in [0.2, 0.25) is 0 Å². The van der Waals surface area contributed by atoms with Crippen molar-refractivity contribution >= 4 is 28.3 Å². The number of carbonyl (C=O) groups excluding carboxylic acids is 1. The number of aromatic nitrogens is 3. The Hall–Kier alpha value is -2.72. The molecule has 0 radical (unpaired) electrons. The van der Waals surface area contributed by atoms with Gasteiger partial charge < -0.3 is 4.90 Å². The number of fused-ring (bicyclic) bond motifs is 1. The quantitative estimate of drug-likeness (QED) is 0.659. The van der Waals surface area contributed by atoms with Crippen molar-refractivity contribution in [2.45, 2.75) is 40.2 Å². The van der Waals surface area contributed by atoms with Gasteiger partial charge in [0, 0.05) is 35.0 Å². The highest BCUT2D eigenvalue weighted by Gasteiger charge is 2.21. The molecule has 6 nitrogen and oxygen atoms in total. The van der Waals surface area contributed by atoms with E-state index in [-0.39, 0.29) is 11.9 Å². The standard InChI is InChI=1S/C20H23N5OS/c1-12(2)25-19-17(11-22-25)16(20(26)24(5)8-6-7-21)10-18(23-19)15-9-13(3)27-14(15)4/h9-12H,6,8H2,1-5H3. The second-order valence-corrected chi connectivity index (χ2v) is 8.40. The highest BCUT2D eigenvalue weighted by molar-refractivity contribution is 7.12. The molecule has 0 saturated heterocycles. The molecule has 0 aromatic carbocycles. The minimum absolute atomic E-state index is 0.119. The van der Waals surface area contributed by atoms with Crippen LogP contribution in [0, 0.1) is 25.2 Å². The SMILES string of the molecule is Cc1cc(-c2cc(C(=O)N(C)CCC#N)c3cnn(C(C)C)c3n2)c(C)s1. The molecule has 3 aromatic rings. The predicted molar refractivity (Wildman–Crippen MR) is 108 cm³/mol. The van der Waals surface area contributed by atoms with Gasteiger partial charge in [0.05, 0.1) is 35.3 Å².